The van der Waals surface area contributed by atoms with Crippen molar-refractivity contribution < 1.29 is 14.7 Å². The average Bonchev–Trinajstić information content (AvgIpc) is 2.99. The van der Waals surface area contributed by atoms with E-state index in [0.29, 0.717) is 11.3 Å². The van der Waals surface area contributed by atoms with Crippen molar-refractivity contribution in [2.75, 3.05) is 5.32 Å². The van der Waals surface area contributed by atoms with Gasteiger partial charge in [-0.15, -0.1) is 0 Å². The van der Waals surface area contributed by atoms with Crippen molar-refractivity contribution in [2.24, 2.45) is 11.5 Å². The highest BCUT2D eigenvalue weighted by atomic mass is 16.3. The van der Waals surface area contributed by atoms with Crippen LogP contribution in [0.5, 0.6) is 5.75 Å². The first-order valence-corrected chi connectivity index (χ1v) is 7.72. The highest BCUT2D eigenvalue weighted by molar-refractivity contribution is 6.00. The minimum Gasteiger partial charge on any atom is -0.507 e. The summed E-state index contributed by atoms with van der Waals surface area (Å²) in [6.45, 7) is 1.90. The second-order valence-corrected chi connectivity index (χ2v) is 5.71. The third-order valence-electron chi connectivity index (χ3n) is 3.87. The van der Waals surface area contributed by atoms with Crippen LogP contribution in [0, 0.1) is 6.92 Å². The fraction of sp³-hybridized carbons (Fsp3) is 0.0556. The molecule has 26 heavy (non-hydrogen) atoms. The normalized spacial score (nSPS) is 10.5. The van der Waals surface area contributed by atoms with Crippen molar-refractivity contribution in [3.63, 3.8) is 0 Å². The molecule has 132 valence electrons. The number of aromatic hydroxyl groups is 1. The molecule has 0 saturated heterocycles. The number of carbonyl (C=O) groups excluding carboxylic acids is 2. The lowest BCUT2D eigenvalue weighted by Crippen LogP contribution is -2.22. The summed E-state index contributed by atoms with van der Waals surface area (Å²) in [5, 5.41) is 16.5. The van der Waals surface area contributed by atoms with Crippen molar-refractivity contribution in [2.45, 2.75) is 6.92 Å². The number of para-hydroxylation sites is 1. The van der Waals surface area contributed by atoms with Gasteiger partial charge in [0, 0.05) is 5.56 Å². The minimum absolute atomic E-state index is 0.0915. The summed E-state index contributed by atoms with van der Waals surface area (Å²) in [5.41, 5.74) is 13.6. The van der Waals surface area contributed by atoms with E-state index >= 15 is 0 Å². The number of urea groups is 1. The van der Waals surface area contributed by atoms with E-state index in [4.69, 9.17) is 11.5 Å². The van der Waals surface area contributed by atoms with Gasteiger partial charge in [0.2, 0.25) is 0 Å². The van der Waals surface area contributed by atoms with E-state index in [0.717, 1.165) is 11.1 Å². The largest absolute Gasteiger partial charge is 0.507 e. The zero-order chi connectivity index (χ0) is 18.8. The molecule has 0 bridgehead atoms. The Balaban J connectivity index is 2.03. The third kappa shape index (κ3) is 3.20. The molecule has 3 rings (SSSR count). The summed E-state index contributed by atoms with van der Waals surface area (Å²) >= 11 is 0. The number of benzene rings is 2. The number of phenolic OH excluding ortho intramolecular Hbond substituents is 1. The third-order valence-corrected chi connectivity index (χ3v) is 3.87. The van der Waals surface area contributed by atoms with Crippen molar-refractivity contribution in [3.05, 3.63) is 59.9 Å². The van der Waals surface area contributed by atoms with Gasteiger partial charge in [0.05, 0.1) is 17.6 Å². The van der Waals surface area contributed by atoms with Gasteiger partial charge >= 0.3 is 6.03 Å². The summed E-state index contributed by atoms with van der Waals surface area (Å²) in [5.74, 6) is -0.596. The number of hydrogen-bond acceptors (Lipinski definition) is 4. The Bertz CT molecular complexity index is 1010. The monoisotopic (exact) mass is 351 g/mol. The number of nitrogens with zero attached hydrogens (tertiary/aromatic N) is 2. The second kappa shape index (κ2) is 6.60. The van der Waals surface area contributed by atoms with Gasteiger partial charge in [-0.25, -0.2) is 9.48 Å². The van der Waals surface area contributed by atoms with E-state index in [1.807, 2.05) is 31.2 Å². The lowest BCUT2D eigenvalue weighted by Gasteiger charge is -2.10. The molecule has 2 aromatic carbocycles. The molecule has 8 heteroatoms. The molecule has 0 fully saturated rings. The smallest absolute Gasteiger partial charge is 0.316 e. The number of aryl methyl sites for hydroxylation is 1. The van der Waals surface area contributed by atoms with Gasteiger partial charge in [-0.05, 0) is 36.2 Å². The maximum atomic E-state index is 11.5. The van der Waals surface area contributed by atoms with Gasteiger partial charge < -0.3 is 21.9 Å². The zero-order valence-corrected chi connectivity index (χ0v) is 13.9. The summed E-state index contributed by atoms with van der Waals surface area (Å²) in [6.07, 6.45) is 1.46. The van der Waals surface area contributed by atoms with Gasteiger partial charge in [0.1, 0.15) is 5.75 Å². The van der Waals surface area contributed by atoms with Gasteiger partial charge in [-0.3, -0.25) is 4.79 Å². The van der Waals surface area contributed by atoms with Crippen LogP contribution in [0.1, 0.15) is 16.1 Å². The number of phenols is 1. The van der Waals surface area contributed by atoms with Crippen LogP contribution < -0.4 is 16.8 Å². The standard InChI is InChI=1S/C18H17N5O3/c1-10-8-11(6-7-12(10)13-4-2-3-5-15(13)24)23-9-14(21-18(20)26)16(22-23)17(19)25/h2-9,24H,1H3,(H2,19,25)(H3,20,21,26). The maximum Gasteiger partial charge on any atom is 0.316 e. The van der Waals surface area contributed by atoms with E-state index in [9.17, 15) is 14.7 Å². The number of rotatable bonds is 4. The van der Waals surface area contributed by atoms with Crippen LogP contribution in [0.15, 0.2) is 48.7 Å². The lowest BCUT2D eigenvalue weighted by molar-refractivity contribution is 0.0996. The molecule has 0 atom stereocenters. The van der Waals surface area contributed by atoms with Gasteiger partial charge in [0.15, 0.2) is 5.69 Å². The highest BCUT2D eigenvalue weighted by Crippen LogP contribution is 2.32. The number of nitrogens with one attached hydrogen (secondary N) is 1. The number of carbonyl (C=O) groups is 2. The molecule has 1 heterocycles. The molecule has 1 aromatic heterocycles. The molecule has 0 saturated carbocycles. The molecule has 0 aliphatic rings. The first-order valence-electron chi connectivity index (χ1n) is 7.72. The lowest BCUT2D eigenvalue weighted by atomic mass is 9.99. The van der Waals surface area contributed by atoms with Gasteiger partial charge in [0.25, 0.3) is 5.91 Å². The molecule has 6 N–H and O–H groups in total. The minimum atomic E-state index is -0.821. The first kappa shape index (κ1) is 17.0. The predicted octanol–water partition coefficient (Wildman–Crippen LogP) is 2.14. The summed E-state index contributed by atoms with van der Waals surface area (Å²) in [4.78, 5) is 22.6. The number of nitrogens with two attached hydrogens (primary N) is 2. The van der Waals surface area contributed by atoms with E-state index in [2.05, 4.69) is 10.4 Å². The van der Waals surface area contributed by atoms with Crippen molar-refractivity contribution >= 4 is 17.6 Å². The molecular weight excluding hydrogens is 334 g/mol. The Morgan fingerprint density at radius 1 is 1.12 bits per heavy atom. The van der Waals surface area contributed by atoms with Crippen LogP contribution in [0.4, 0.5) is 10.5 Å². The zero-order valence-electron chi connectivity index (χ0n) is 13.9. The molecular formula is C18H17N5O3. The predicted molar refractivity (Wildman–Crippen MR) is 97.1 cm³/mol. The van der Waals surface area contributed by atoms with Crippen LogP contribution in [0.25, 0.3) is 16.8 Å². The molecule has 3 amide bonds. The van der Waals surface area contributed by atoms with Crippen LogP contribution in [0.3, 0.4) is 0 Å². The number of anilines is 1. The van der Waals surface area contributed by atoms with Crippen LogP contribution in [-0.4, -0.2) is 26.8 Å². The fourth-order valence-corrected chi connectivity index (χ4v) is 2.71. The average molecular weight is 351 g/mol. The summed E-state index contributed by atoms with van der Waals surface area (Å²) < 4.78 is 1.42. The Morgan fingerprint density at radius 3 is 2.46 bits per heavy atom. The summed E-state index contributed by atoms with van der Waals surface area (Å²) in [7, 11) is 0. The van der Waals surface area contributed by atoms with Crippen molar-refractivity contribution in [1.82, 2.24) is 9.78 Å². The maximum absolute atomic E-state index is 11.5. The van der Waals surface area contributed by atoms with Crippen LogP contribution >= 0.6 is 0 Å². The first-order chi connectivity index (χ1) is 12.4. The summed E-state index contributed by atoms with van der Waals surface area (Å²) in [6, 6.07) is 11.7. The molecule has 0 spiro atoms. The van der Waals surface area contributed by atoms with E-state index in [1.165, 1.54) is 10.9 Å². The Morgan fingerprint density at radius 2 is 1.85 bits per heavy atom. The Labute approximate surface area is 149 Å². The van der Waals surface area contributed by atoms with Gasteiger partial charge in [-0.1, -0.05) is 24.3 Å². The number of aromatic nitrogens is 2. The molecule has 8 nitrogen and oxygen atoms in total. The molecule has 0 aliphatic heterocycles. The van der Waals surface area contributed by atoms with E-state index in [1.54, 1.807) is 18.2 Å². The topological polar surface area (TPSA) is 136 Å². The van der Waals surface area contributed by atoms with E-state index in [-0.39, 0.29) is 17.1 Å². The van der Waals surface area contributed by atoms with Gasteiger partial charge in [-0.2, -0.15) is 5.10 Å². The van der Waals surface area contributed by atoms with Crippen molar-refractivity contribution in [1.29, 1.82) is 0 Å². The Kier molecular flexibility index (Phi) is 4.32. The SMILES string of the molecule is Cc1cc(-n2cc(NC(N)=O)c(C(N)=O)n2)ccc1-c1ccccc1O. The van der Waals surface area contributed by atoms with Crippen LogP contribution in [0.2, 0.25) is 0 Å². The number of primary amides is 2. The molecule has 0 unspecified atom stereocenters. The highest BCUT2D eigenvalue weighted by Gasteiger charge is 2.17. The molecule has 0 radical (unpaired) electrons. The van der Waals surface area contributed by atoms with Crippen LogP contribution in [-0.2, 0) is 0 Å². The number of amides is 3. The second-order valence-electron chi connectivity index (χ2n) is 5.71. The fourth-order valence-electron chi connectivity index (χ4n) is 2.71. The molecule has 0 aliphatic carbocycles. The van der Waals surface area contributed by atoms with E-state index < -0.39 is 11.9 Å². The quantitative estimate of drug-likeness (QED) is 0.572. The Hall–Kier alpha value is -3.81. The number of hydrogen-bond donors (Lipinski definition) is 4. The molecule has 3 aromatic rings. The van der Waals surface area contributed by atoms with Crippen molar-refractivity contribution in [3.8, 4) is 22.6 Å².